The molecule has 1 saturated heterocycles. The number of ether oxygens (including phenoxy) is 2. The van der Waals surface area contributed by atoms with E-state index >= 15 is 0 Å². The molecule has 2 fully saturated rings. The summed E-state index contributed by atoms with van der Waals surface area (Å²) < 4.78 is 11.3. The van der Waals surface area contributed by atoms with Gasteiger partial charge >= 0.3 is 0 Å². The van der Waals surface area contributed by atoms with Gasteiger partial charge in [0.1, 0.15) is 6.10 Å². The van der Waals surface area contributed by atoms with Crippen LogP contribution in [-0.4, -0.2) is 38.0 Å². The second-order valence-electron chi connectivity index (χ2n) is 5.79. The van der Waals surface area contributed by atoms with Crippen molar-refractivity contribution in [3.05, 3.63) is 0 Å². The molecule has 1 saturated carbocycles. The smallest absolute Gasteiger partial charge is 0.105 e. The zero-order valence-corrected chi connectivity index (χ0v) is 10.8. The molecule has 2 atom stereocenters. The third-order valence-corrected chi connectivity index (χ3v) is 3.88. The van der Waals surface area contributed by atoms with Gasteiger partial charge in [-0.15, -0.1) is 0 Å². The van der Waals surface area contributed by atoms with E-state index < -0.39 is 0 Å². The quantitative estimate of drug-likeness (QED) is 0.779. The predicted molar refractivity (Wildman–Crippen MR) is 64.6 cm³/mol. The van der Waals surface area contributed by atoms with Gasteiger partial charge in [-0.05, 0) is 31.2 Å². The molecule has 0 aromatic heterocycles. The Balaban J connectivity index is 1.89. The summed E-state index contributed by atoms with van der Waals surface area (Å²) in [5, 5.41) is 3.66. The van der Waals surface area contributed by atoms with E-state index in [0.717, 1.165) is 19.8 Å². The summed E-state index contributed by atoms with van der Waals surface area (Å²) in [6, 6.07) is 0.507. The first-order chi connectivity index (χ1) is 7.63. The SMILES string of the molecule is CCCNC1C(OC2COC2)CCC1(C)C. The van der Waals surface area contributed by atoms with Gasteiger partial charge in [-0.3, -0.25) is 0 Å². The van der Waals surface area contributed by atoms with Crippen LogP contribution in [0.3, 0.4) is 0 Å². The first-order valence-electron chi connectivity index (χ1n) is 6.60. The maximum atomic E-state index is 6.11. The highest BCUT2D eigenvalue weighted by Gasteiger charge is 2.43. The van der Waals surface area contributed by atoms with Crippen LogP contribution in [0.5, 0.6) is 0 Å². The Morgan fingerprint density at radius 3 is 2.69 bits per heavy atom. The van der Waals surface area contributed by atoms with Crippen LogP contribution in [0, 0.1) is 5.41 Å². The van der Waals surface area contributed by atoms with Crippen LogP contribution >= 0.6 is 0 Å². The summed E-state index contributed by atoms with van der Waals surface area (Å²) in [4.78, 5) is 0. The Bertz CT molecular complexity index is 226. The fraction of sp³-hybridized carbons (Fsp3) is 1.00. The minimum absolute atomic E-state index is 0.352. The number of nitrogens with one attached hydrogen (secondary N) is 1. The minimum Gasteiger partial charge on any atom is -0.376 e. The molecule has 2 rings (SSSR count). The van der Waals surface area contributed by atoms with E-state index in [9.17, 15) is 0 Å². The second-order valence-corrected chi connectivity index (χ2v) is 5.79. The molecule has 1 aliphatic heterocycles. The van der Waals surface area contributed by atoms with Crippen LogP contribution in [0.2, 0.25) is 0 Å². The van der Waals surface area contributed by atoms with Gasteiger partial charge in [-0.25, -0.2) is 0 Å². The molecule has 0 spiro atoms. The average molecular weight is 227 g/mol. The normalized spacial score (nSPS) is 33.9. The molecule has 0 bridgehead atoms. The van der Waals surface area contributed by atoms with Crippen molar-refractivity contribution in [2.24, 2.45) is 5.41 Å². The van der Waals surface area contributed by atoms with Crippen LogP contribution in [-0.2, 0) is 9.47 Å². The molecular weight excluding hydrogens is 202 g/mol. The van der Waals surface area contributed by atoms with Gasteiger partial charge in [0.2, 0.25) is 0 Å². The van der Waals surface area contributed by atoms with E-state index in [1.54, 1.807) is 0 Å². The lowest BCUT2D eigenvalue weighted by Gasteiger charge is -2.35. The Kier molecular flexibility index (Phi) is 3.88. The number of hydrogen-bond acceptors (Lipinski definition) is 3. The van der Waals surface area contributed by atoms with Crippen molar-refractivity contribution in [3.63, 3.8) is 0 Å². The standard InChI is InChI=1S/C13H25NO2/c1-4-7-14-12-11(5-6-13(12,2)3)16-10-8-15-9-10/h10-12,14H,4-9H2,1-3H3. The average Bonchev–Trinajstić information content (AvgIpc) is 2.45. The molecule has 94 valence electrons. The van der Waals surface area contributed by atoms with E-state index in [-0.39, 0.29) is 0 Å². The van der Waals surface area contributed by atoms with Crippen molar-refractivity contribution in [3.8, 4) is 0 Å². The molecule has 1 heterocycles. The maximum Gasteiger partial charge on any atom is 0.105 e. The molecule has 16 heavy (non-hydrogen) atoms. The summed E-state index contributed by atoms with van der Waals surface area (Å²) in [5.41, 5.74) is 0.366. The van der Waals surface area contributed by atoms with E-state index in [0.29, 0.717) is 23.7 Å². The lowest BCUT2D eigenvalue weighted by Crippen LogP contribution is -2.49. The Morgan fingerprint density at radius 2 is 2.12 bits per heavy atom. The van der Waals surface area contributed by atoms with Gasteiger partial charge < -0.3 is 14.8 Å². The summed E-state index contributed by atoms with van der Waals surface area (Å²) in [5.74, 6) is 0. The van der Waals surface area contributed by atoms with Crippen LogP contribution in [0.4, 0.5) is 0 Å². The molecule has 1 N–H and O–H groups in total. The Hall–Kier alpha value is -0.120. The van der Waals surface area contributed by atoms with E-state index in [4.69, 9.17) is 9.47 Å². The molecule has 2 aliphatic rings. The fourth-order valence-electron chi connectivity index (χ4n) is 2.73. The van der Waals surface area contributed by atoms with Gasteiger partial charge in [-0.2, -0.15) is 0 Å². The summed E-state index contributed by atoms with van der Waals surface area (Å²) >= 11 is 0. The zero-order valence-electron chi connectivity index (χ0n) is 10.8. The first kappa shape index (κ1) is 12.3. The lowest BCUT2D eigenvalue weighted by molar-refractivity contribution is -0.159. The topological polar surface area (TPSA) is 30.5 Å². The third-order valence-electron chi connectivity index (χ3n) is 3.88. The van der Waals surface area contributed by atoms with Crippen molar-refractivity contribution in [2.75, 3.05) is 19.8 Å². The monoisotopic (exact) mass is 227 g/mol. The number of hydrogen-bond donors (Lipinski definition) is 1. The summed E-state index contributed by atoms with van der Waals surface area (Å²) in [6.45, 7) is 9.58. The van der Waals surface area contributed by atoms with Gasteiger partial charge in [-0.1, -0.05) is 20.8 Å². The Labute approximate surface area is 98.9 Å². The van der Waals surface area contributed by atoms with Crippen LogP contribution in [0.1, 0.15) is 40.0 Å². The van der Waals surface area contributed by atoms with E-state index in [1.165, 1.54) is 19.3 Å². The second kappa shape index (κ2) is 5.03. The highest BCUT2D eigenvalue weighted by atomic mass is 16.6. The number of rotatable bonds is 5. The van der Waals surface area contributed by atoms with Crippen LogP contribution < -0.4 is 5.32 Å². The van der Waals surface area contributed by atoms with E-state index in [2.05, 4.69) is 26.1 Å². The molecule has 3 nitrogen and oxygen atoms in total. The zero-order chi connectivity index (χ0) is 11.6. The molecule has 3 heteroatoms. The molecule has 0 aromatic carbocycles. The largest absolute Gasteiger partial charge is 0.376 e. The van der Waals surface area contributed by atoms with Gasteiger partial charge in [0.15, 0.2) is 0 Å². The van der Waals surface area contributed by atoms with Crippen molar-refractivity contribution >= 4 is 0 Å². The summed E-state index contributed by atoms with van der Waals surface area (Å²) in [6.07, 6.45) is 4.36. The van der Waals surface area contributed by atoms with Crippen molar-refractivity contribution in [1.82, 2.24) is 5.32 Å². The maximum absolute atomic E-state index is 6.11. The van der Waals surface area contributed by atoms with Crippen LogP contribution in [0.25, 0.3) is 0 Å². The van der Waals surface area contributed by atoms with Gasteiger partial charge in [0, 0.05) is 6.04 Å². The third kappa shape index (κ3) is 2.58. The molecule has 1 aliphatic carbocycles. The van der Waals surface area contributed by atoms with Crippen molar-refractivity contribution < 1.29 is 9.47 Å². The van der Waals surface area contributed by atoms with Gasteiger partial charge in [0.25, 0.3) is 0 Å². The van der Waals surface area contributed by atoms with Crippen molar-refractivity contribution in [1.29, 1.82) is 0 Å². The lowest BCUT2D eigenvalue weighted by atomic mass is 9.87. The van der Waals surface area contributed by atoms with Crippen LogP contribution in [0.15, 0.2) is 0 Å². The first-order valence-corrected chi connectivity index (χ1v) is 6.60. The molecule has 0 amide bonds. The van der Waals surface area contributed by atoms with Crippen molar-refractivity contribution in [2.45, 2.75) is 58.3 Å². The highest BCUT2D eigenvalue weighted by Crippen LogP contribution is 2.39. The van der Waals surface area contributed by atoms with E-state index in [1.807, 2.05) is 0 Å². The molecular formula is C13H25NO2. The minimum atomic E-state index is 0.352. The predicted octanol–water partition coefficient (Wildman–Crippen LogP) is 1.96. The summed E-state index contributed by atoms with van der Waals surface area (Å²) in [7, 11) is 0. The molecule has 0 radical (unpaired) electrons. The highest BCUT2D eigenvalue weighted by molar-refractivity contribution is 4.97. The van der Waals surface area contributed by atoms with Gasteiger partial charge in [0.05, 0.1) is 19.3 Å². The fourth-order valence-corrected chi connectivity index (χ4v) is 2.73. The molecule has 2 unspecified atom stereocenters. The molecule has 0 aromatic rings. The Morgan fingerprint density at radius 1 is 1.38 bits per heavy atom.